The first-order chi connectivity index (χ1) is 8.93. The second kappa shape index (κ2) is 6.24. The first kappa shape index (κ1) is 20.4. The van der Waals surface area contributed by atoms with Crippen molar-refractivity contribution in [1.29, 1.82) is 0 Å². The molecule has 126 valence electrons. The van der Waals surface area contributed by atoms with Gasteiger partial charge in [-0.2, -0.15) is 0 Å². The van der Waals surface area contributed by atoms with E-state index in [1.54, 1.807) is 13.8 Å². The molecule has 1 atom stereocenters. The van der Waals surface area contributed by atoms with Crippen molar-refractivity contribution in [2.24, 2.45) is 16.7 Å². The fraction of sp³-hybridized carbons (Fsp3) is 0.933. The van der Waals surface area contributed by atoms with E-state index < -0.39 is 21.4 Å². The molecule has 6 heteroatoms. The summed E-state index contributed by atoms with van der Waals surface area (Å²) in [5.41, 5.74) is -1.34. The summed E-state index contributed by atoms with van der Waals surface area (Å²) in [6.07, 6.45) is 0.683. The fourth-order valence-electron chi connectivity index (χ4n) is 2.30. The summed E-state index contributed by atoms with van der Waals surface area (Å²) in [7, 11) is -4.39. The first-order valence-corrected chi connectivity index (χ1v) is 8.76. The van der Waals surface area contributed by atoms with Gasteiger partial charge in [0.05, 0.1) is 15.9 Å². The molecular weight excluding hydrogens is 290 g/mol. The van der Waals surface area contributed by atoms with E-state index >= 15 is 0 Å². The van der Waals surface area contributed by atoms with Crippen LogP contribution in [0.3, 0.4) is 0 Å². The van der Waals surface area contributed by atoms with Gasteiger partial charge in [-0.15, -0.1) is 0 Å². The zero-order chi connectivity index (χ0) is 17.3. The number of rotatable bonds is 5. The molecule has 0 heterocycles. The highest BCUT2D eigenvalue weighted by Crippen LogP contribution is 2.36. The van der Waals surface area contributed by atoms with Gasteiger partial charge >= 0.3 is 0 Å². The molecular formula is C15H30NO4S-. The quantitative estimate of drug-likeness (QED) is 0.789. The van der Waals surface area contributed by atoms with Crippen LogP contribution in [0.2, 0.25) is 0 Å². The maximum atomic E-state index is 12.6. The van der Waals surface area contributed by atoms with Crippen molar-refractivity contribution < 1.29 is 17.8 Å². The number of hydrogen-bond donors (Lipinski definition) is 1. The van der Waals surface area contributed by atoms with Crippen molar-refractivity contribution in [3.63, 3.8) is 0 Å². The third kappa shape index (κ3) is 9.09. The van der Waals surface area contributed by atoms with Crippen LogP contribution in [0.1, 0.15) is 61.8 Å². The van der Waals surface area contributed by atoms with Gasteiger partial charge < -0.3 is 9.87 Å². The molecule has 1 amide bonds. The van der Waals surface area contributed by atoms with E-state index in [4.69, 9.17) is 0 Å². The van der Waals surface area contributed by atoms with E-state index in [1.807, 2.05) is 20.8 Å². The molecule has 0 fully saturated rings. The van der Waals surface area contributed by atoms with Gasteiger partial charge in [0.1, 0.15) is 0 Å². The third-order valence-corrected chi connectivity index (χ3v) is 4.25. The fourth-order valence-corrected chi connectivity index (χ4v) is 3.26. The Morgan fingerprint density at radius 1 is 1.05 bits per heavy atom. The highest BCUT2D eigenvalue weighted by Gasteiger charge is 2.37. The van der Waals surface area contributed by atoms with E-state index in [0.717, 1.165) is 0 Å². The summed E-state index contributed by atoms with van der Waals surface area (Å²) in [6.45, 7) is 15.3. The lowest BCUT2D eigenvalue weighted by Gasteiger charge is -2.37. The Bertz CT molecular complexity index is 467. The lowest BCUT2D eigenvalue weighted by molar-refractivity contribution is -0.131. The number of carbonyl (C=O) groups excluding carboxylic acids is 1. The summed E-state index contributed by atoms with van der Waals surface area (Å²) in [6, 6.07) is 0. The standard InChI is InChI=1S/C15H31NO4S/c1-13(2,3)9-11(14(4,5)6)12(17)16-15(7,8)10-21(18,19)20/h11H,9-10H2,1-8H3,(H,16,17)(H,18,19,20)/p-1. The summed E-state index contributed by atoms with van der Waals surface area (Å²) in [4.78, 5) is 12.6. The van der Waals surface area contributed by atoms with Crippen LogP contribution >= 0.6 is 0 Å². The van der Waals surface area contributed by atoms with Crippen LogP contribution < -0.4 is 5.32 Å². The summed E-state index contributed by atoms with van der Waals surface area (Å²) in [5.74, 6) is -1.07. The van der Waals surface area contributed by atoms with Crippen molar-refractivity contribution in [2.75, 3.05) is 5.75 Å². The first-order valence-electron chi connectivity index (χ1n) is 7.19. The molecule has 0 spiro atoms. The van der Waals surface area contributed by atoms with Gasteiger partial charge in [-0.3, -0.25) is 4.79 Å². The summed E-state index contributed by atoms with van der Waals surface area (Å²) in [5, 5.41) is 2.72. The van der Waals surface area contributed by atoms with Crippen LogP contribution in [0.4, 0.5) is 0 Å². The molecule has 5 nitrogen and oxygen atoms in total. The molecule has 0 aromatic carbocycles. The van der Waals surface area contributed by atoms with Crippen molar-refractivity contribution in [1.82, 2.24) is 5.32 Å². The molecule has 0 radical (unpaired) electrons. The van der Waals surface area contributed by atoms with Crippen LogP contribution in [-0.4, -0.2) is 30.2 Å². The lowest BCUT2D eigenvalue weighted by atomic mass is 9.71. The van der Waals surface area contributed by atoms with Gasteiger partial charge in [-0.05, 0) is 31.1 Å². The summed E-state index contributed by atoms with van der Waals surface area (Å²) >= 11 is 0. The van der Waals surface area contributed by atoms with Crippen LogP contribution in [0, 0.1) is 16.7 Å². The molecule has 0 aliphatic rings. The van der Waals surface area contributed by atoms with Gasteiger partial charge in [-0.25, -0.2) is 8.42 Å². The zero-order valence-corrected chi connectivity index (χ0v) is 15.3. The number of carbonyl (C=O) groups is 1. The predicted molar refractivity (Wildman–Crippen MR) is 83.8 cm³/mol. The molecule has 0 aromatic heterocycles. The van der Waals surface area contributed by atoms with Crippen LogP contribution in [0.15, 0.2) is 0 Å². The Morgan fingerprint density at radius 2 is 1.48 bits per heavy atom. The summed E-state index contributed by atoms with van der Waals surface area (Å²) < 4.78 is 32.8. The monoisotopic (exact) mass is 320 g/mol. The third-order valence-electron chi connectivity index (χ3n) is 3.18. The van der Waals surface area contributed by atoms with Crippen LogP contribution in [-0.2, 0) is 14.9 Å². The normalized spacial score (nSPS) is 15.7. The van der Waals surface area contributed by atoms with Crippen molar-refractivity contribution >= 4 is 16.0 Å². The Balaban J connectivity index is 5.16. The van der Waals surface area contributed by atoms with Gasteiger partial charge in [0, 0.05) is 11.5 Å². The minimum absolute atomic E-state index is 0.0238. The molecule has 0 aromatic rings. The van der Waals surface area contributed by atoms with Crippen molar-refractivity contribution in [2.45, 2.75) is 67.3 Å². The van der Waals surface area contributed by atoms with Crippen molar-refractivity contribution in [3.05, 3.63) is 0 Å². The molecule has 1 unspecified atom stereocenters. The van der Waals surface area contributed by atoms with Crippen LogP contribution in [0.5, 0.6) is 0 Å². The van der Waals surface area contributed by atoms with E-state index in [1.165, 1.54) is 0 Å². The van der Waals surface area contributed by atoms with Gasteiger partial charge in [0.2, 0.25) is 5.91 Å². The average molecular weight is 320 g/mol. The Morgan fingerprint density at radius 3 is 1.76 bits per heavy atom. The highest BCUT2D eigenvalue weighted by atomic mass is 32.2. The SMILES string of the molecule is CC(C)(C)CC(C(=O)NC(C)(C)CS(=O)(=O)[O-])C(C)(C)C. The Kier molecular flexibility index (Phi) is 6.06. The molecule has 0 aliphatic carbocycles. The minimum atomic E-state index is -4.39. The second-order valence-corrected chi connectivity index (χ2v) is 10.2. The molecule has 0 rings (SSSR count). The molecule has 0 bridgehead atoms. The van der Waals surface area contributed by atoms with E-state index in [2.05, 4.69) is 26.1 Å². The smallest absolute Gasteiger partial charge is 0.224 e. The molecule has 1 N–H and O–H groups in total. The lowest BCUT2D eigenvalue weighted by Crippen LogP contribution is -2.52. The number of amides is 1. The van der Waals surface area contributed by atoms with E-state index in [0.29, 0.717) is 6.42 Å². The largest absolute Gasteiger partial charge is 0.748 e. The molecule has 0 saturated carbocycles. The van der Waals surface area contributed by atoms with Crippen molar-refractivity contribution in [3.8, 4) is 0 Å². The topological polar surface area (TPSA) is 86.3 Å². The van der Waals surface area contributed by atoms with Crippen LogP contribution in [0.25, 0.3) is 0 Å². The average Bonchev–Trinajstić information content (AvgIpc) is 2.05. The predicted octanol–water partition coefficient (Wildman–Crippen LogP) is 2.52. The molecule has 21 heavy (non-hydrogen) atoms. The van der Waals surface area contributed by atoms with Gasteiger partial charge in [0.15, 0.2) is 0 Å². The maximum Gasteiger partial charge on any atom is 0.224 e. The van der Waals surface area contributed by atoms with Gasteiger partial charge in [-0.1, -0.05) is 41.5 Å². The maximum absolute atomic E-state index is 12.6. The highest BCUT2D eigenvalue weighted by molar-refractivity contribution is 7.85. The Labute approximate surface area is 129 Å². The minimum Gasteiger partial charge on any atom is -0.748 e. The molecule has 0 aliphatic heterocycles. The van der Waals surface area contributed by atoms with E-state index in [9.17, 15) is 17.8 Å². The van der Waals surface area contributed by atoms with Gasteiger partial charge in [0.25, 0.3) is 0 Å². The Hall–Kier alpha value is -0.620. The second-order valence-electron chi connectivity index (χ2n) is 8.76. The number of hydrogen-bond acceptors (Lipinski definition) is 4. The van der Waals surface area contributed by atoms with E-state index in [-0.39, 0.29) is 22.7 Å². The molecule has 0 saturated heterocycles. The zero-order valence-electron chi connectivity index (χ0n) is 14.5. The number of nitrogens with one attached hydrogen (secondary N) is 1.